The molecule has 3 aromatic carbocycles. The van der Waals surface area contributed by atoms with Gasteiger partial charge in [-0.25, -0.2) is 4.79 Å². The van der Waals surface area contributed by atoms with E-state index in [-0.39, 0.29) is 12.0 Å². The molecule has 144 valence electrons. The number of rotatable bonds is 8. The molecule has 0 amide bonds. The Bertz CT molecular complexity index is 879. The first-order valence-electron chi connectivity index (χ1n) is 9.42. The zero-order valence-corrected chi connectivity index (χ0v) is 16.2. The number of hydroxylamine groups is 2. The van der Waals surface area contributed by atoms with E-state index < -0.39 is 0 Å². The number of nitrogens with zero attached hydrogens (tertiary/aromatic N) is 1. The molecule has 0 fully saturated rings. The summed E-state index contributed by atoms with van der Waals surface area (Å²) in [5.74, 6) is 0.421. The van der Waals surface area contributed by atoms with Gasteiger partial charge in [0.05, 0.1) is 12.1 Å². The maximum Gasteiger partial charge on any atom is 0.357 e. The average molecular weight is 375 g/mol. The number of hydrogen-bond donors (Lipinski definition) is 0. The van der Waals surface area contributed by atoms with Gasteiger partial charge in [0.25, 0.3) is 0 Å². The fraction of sp³-hybridized carbons (Fsp3) is 0.208. The van der Waals surface area contributed by atoms with Gasteiger partial charge in [-0.05, 0) is 37.6 Å². The van der Waals surface area contributed by atoms with Crippen LogP contribution in [0, 0.1) is 0 Å². The molecule has 0 bridgehead atoms. The van der Waals surface area contributed by atoms with E-state index in [4.69, 9.17) is 9.57 Å². The molecule has 0 aliphatic rings. The highest BCUT2D eigenvalue weighted by atomic mass is 16.7. The molecular formula is C24H25NO3. The number of carbonyl (C=O) groups is 1. The molecule has 0 aliphatic heterocycles. The molecule has 4 heteroatoms. The van der Waals surface area contributed by atoms with Gasteiger partial charge in [-0.15, -0.1) is 5.06 Å². The van der Waals surface area contributed by atoms with Crippen molar-refractivity contribution in [3.8, 4) is 5.75 Å². The predicted octanol–water partition coefficient (Wildman–Crippen LogP) is 5.25. The third-order valence-corrected chi connectivity index (χ3v) is 4.32. The van der Waals surface area contributed by atoms with Crippen molar-refractivity contribution in [2.75, 3.05) is 0 Å². The second-order valence-electron chi connectivity index (χ2n) is 6.80. The first-order valence-corrected chi connectivity index (χ1v) is 9.42. The summed E-state index contributed by atoms with van der Waals surface area (Å²) in [4.78, 5) is 18.1. The quantitative estimate of drug-likeness (QED) is 0.504. The summed E-state index contributed by atoms with van der Waals surface area (Å²) in [6.07, 6.45) is 0. The molecule has 0 aliphatic carbocycles. The van der Waals surface area contributed by atoms with Gasteiger partial charge in [-0.2, -0.15) is 0 Å². The summed E-state index contributed by atoms with van der Waals surface area (Å²) in [6.45, 7) is 4.92. The Balaban J connectivity index is 1.70. The smallest absolute Gasteiger partial charge is 0.357 e. The summed E-state index contributed by atoms with van der Waals surface area (Å²) < 4.78 is 6.03. The lowest BCUT2D eigenvalue weighted by molar-refractivity contribution is -0.137. The number of benzene rings is 3. The SMILES string of the molecule is CC(C)N(Cc1ccccc1OCc1ccccc1)OC(=O)c1ccccc1. The van der Waals surface area contributed by atoms with Crippen molar-refractivity contribution in [1.82, 2.24) is 5.06 Å². The lowest BCUT2D eigenvalue weighted by Crippen LogP contribution is -2.33. The number of carbonyl (C=O) groups excluding carboxylic acids is 1. The van der Waals surface area contributed by atoms with Crippen LogP contribution >= 0.6 is 0 Å². The van der Waals surface area contributed by atoms with Crippen molar-refractivity contribution in [3.05, 3.63) is 102 Å². The number of para-hydroxylation sites is 1. The second kappa shape index (κ2) is 9.72. The molecule has 3 aromatic rings. The van der Waals surface area contributed by atoms with Crippen LogP contribution in [0.4, 0.5) is 0 Å². The Kier molecular flexibility index (Phi) is 6.82. The molecule has 0 saturated heterocycles. The summed E-state index contributed by atoms with van der Waals surface area (Å²) in [6, 6.07) is 26.9. The maximum absolute atomic E-state index is 12.5. The van der Waals surface area contributed by atoms with Gasteiger partial charge in [-0.3, -0.25) is 0 Å². The Labute approximate surface area is 166 Å². The van der Waals surface area contributed by atoms with Crippen LogP contribution in [0.2, 0.25) is 0 Å². The van der Waals surface area contributed by atoms with Crippen LogP contribution in [0.3, 0.4) is 0 Å². The molecule has 0 N–H and O–H groups in total. The minimum atomic E-state index is -0.364. The highest BCUT2D eigenvalue weighted by molar-refractivity contribution is 5.89. The molecule has 0 aromatic heterocycles. The van der Waals surface area contributed by atoms with Crippen LogP contribution in [0.15, 0.2) is 84.9 Å². The van der Waals surface area contributed by atoms with E-state index in [0.717, 1.165) is 16.9 Å². The molecule has 28 heavy (non-hydrogen) atoms. The summed E-state index contributed by atoms with van der Waals surface area (Å²) >= 11 is 0. The van der Waals surface area contributed by atoms with Crippen molar-refractivity contribution < 1.29 is 14.4 Å². The molecule has 0 unspecified atom stereocenters. The first-order chi connectivity index (χ1) is 13.6. The van der Waals surface area contributed by atoms with Crippen molar-refractivity contribution in [2.45, 2.75) is 33.0 Å². The van der Waals surface area contributed by atoms with Gasteiger partial charge in [0.15, 0.2) is 0 Å². The monoisotopic (exact) mass is 375 g/mol. The highest BCUT2D eigenvalue weighted by Gasteiger charge is 2.19. The van der Waals surface area contributed by atoms with Gasteiger partial charge < -0.3 is 9.57 Å². The van der Waals surface area contributed by atoms with E-state index in [9.17, 15) is 4.79 Å². The Morgan fingerprint density at radius 3 is 2.14 bits per heavy atom. The van der Waals surface area contributed by atoms with Crippen molar-refractivity contribution in [2.24, 2.45) is 0 Å². The lowest BCUT2D eigenvalue weighted by Gasteiger charge is -2.25. The molecule has 3 rings (SSSR count). The molecule has 0 atom stereocenters. The zero-order valence-electron chi connectivity index (χ0n) is 16.2. The van der Waals surface area contributed by atoms with Crippen LogP contribution < -0.4 is 4.74 Å². The van der Waals surface area contributed by atoms with E-state index in [2.05, 4.69) is 0 Å². The fourth-order valence-corrected chi connectivity index (χ4v) is 2.73. The maximum atomic E-state index is 12.5. The third-order valence-electron chi connectivity index (χ3n) is 4.32. The topological polar surface area (TPSA) is 38.8 Å². The molecule has 4 nitrogen and oxygen atoms in total. The van der Waals surface area contributed by atoms with E-state index in [1.807, 2.05) is 86.6 Å². The summed E-state index contributed by atoms with van der Waals surface area (Å²) in [7, 11) is 0. The average Bonchev–Trinajstić information content (AvgIpc) is 2.74. The summed E-state index contributed by atoms with van der Waals surface area (Å²) in [5.41, 5.74) is 2.60. The van der Waals surface area contributed by atoms with Crippen LogP contribution in [0.1, 0.15) is 35.3 Å². The van der Waals surface area contributed by atoms with Crippen LogP contribution in [0.5, 0.6) is 5.75 Å². The van der Waals surface area contributed by atoms with E-state index in [0.29, 0.717) is 18.7 Å². The summed E-state index contributed by atoms with van der Waals surface area (Å²) in [5, 5.41) is 1.68. The Morgan fingerprint density at radius 1 is 0.857 bits per heavy atom. The number of ether oxygens (including phenoxy) is 1. The van der Waals surface area contributed by atoms with E-state index in [1.54, 1.807) is 17.2 Å². The largest absolute Gasteiger partial charge is 0.489 e. The van der Waals surface area contributed by atoms with Crippen LogP contribution in [0.25, 0.3) is 0 Å². The highest BCUT2D eigenvalue weighted by Crippen LogP contribution is 2.22. The molecule has 0 spiro atoms. The first kappa shape index (κ1) is 19.6. The van der Waals surface area contributed by atoms with Gasteiger partial charge in [0.2, 0.25) is 0 Å². The van der Waals surface area contributed by atoms with Crippen LogP contribution in [-0.4, -0.2) is 17.1 Å². The molecule has 0 heterocycles. The molecule has 0 saturated carbocycles. The second-order valence-corrected chi connectivity index (χ2v) is 6.80. The minimum Gasteiger partial charge on any atom is -0.489 e. The van der Waals surface area contributed by atoms with Gasteiger partial charge >= 0.3 is 5.97 Å². The standard InChI is InChI=1S/C24H25NO3/c1-19(2)25(28-24(26)21-13-7-4-8-14-21)17-22-15-9-10-16-23(22)27-18-20-11-5-3-6-12-20/h3-16,19H,17-18H2,1-2H3. The van der Waals surface area contributed by atoms with Crippen LogP contribution in [-0.2, 0) is 18.0 Å². The Hall–Kier alpha value is -3.11. The van der Waals surface area contributed by atoms with E-state index >= 15 is 0 Å². The normalized spacial score (nSPS) is 10.9. The van der Waals surface area contributed by atoms with Crippen molar-refractivity contribution in [1.29, 1.82) is 0 Å². The minimum absolute atomic E-state index is 0.0230. The van der Waals surface area contributed by atoms with Gasteiger partial charge in [0, 0.05) is 11.6 Å². The molecular weight excluding hydrogens is 350 g/mol. The third kappa shape index (κ3) is 5.44. The molecule has 0 radical (unpaired) electrons. The van der Waals surface area contributed by atoms with Crippen molar-refractivity contribution >= 4 is 5.97 Å². The van der Waals surface area contributed by atoms with Gasteiger partial charge in [-0.1, -0.05) is 66.7 Å². The van der Waals surface area contributed by atoms with Gasteiger partial charge in [0.1, 0.15) is 12.4 Å². The number of hydrogen-bond acceptors (Lipinski definition) is 4. The lowest BCUT2D eigenvalue weighted by atomic mass is 10.2. The predicted molar refractivity (Wildman–Crippen MR) is 110 cm³/mol. The Morgan fingerprint density at radius 2 is 1.46 bits per heavy atom. The van der Waals surface area contributed by atoms with Crippen molar-refractivity contribution in [3.63, 3.8) is 0 Å². The zero-order chi connectivity index (χ0) is 19.8. The fourth-order valence-electron chi connectivity index (χ4n) is 2.73. The van der Waals surface area contributed by atoms with E-state index in [1.165, 1.54) is 0 Å².